The number of para-hydroxylation sites is 1. The second kappa shape index (κ2) is 8.01. The van der Waals surface area contributed by atoms with Gasteiger partial charge < -0.3 is 24.8 Å². The van der Waals surface area contributed by atoms with Crippen molar-refractivity contribution >= 4 is 17.5 Å². The Labute approximate surface area is 174 Å². The van der Waals surface area contributed by atoms with Gasteiger partial charge in [-0.05, 0) is 24.3 Å². The number of nitrogens with one attached hydrogen (secondary N) is 2. The van der Waals surface area contributed by atoms with Crippen molar-refractivity contribution in [3.05, 3.63) is 59.8 Å². The molecule has 1 aliphatic rings. The van der Waals surface area contributed by atoms with E-state index in [1.807, 2.05) is 0 Å². The zero-order valence-corrected chi connectivity index (χ0v) is 16.0. The number of anilines is 2. The van der Waals surface area contributed by atoms with Crippen LogP contribution in [0.2, 0.25) is 0 Å². The van der Waals surface area contributed by atoms with Crippen LogP contribution in [-0.4, -0.2) is 29.7 Å². The summed E-state index contributed by atoms with van der Waals surface area (Å²) in [5.74, 6) is -0.458. The first kappa shape index (κ1) is 20.3. The minimum Gasteiger partial charge on any atom is -0.454 e. The number of carbonyl (C=O) groups excluding carboxylic acids is 1. The minimum absolute atomic E-state index is 0.0574. The number of nitrogens with zero attached hydrogens (tertiary/aromatic N) is 2. The highest BCUT2D eigenvalue weighted by Gasteiger charge is 2.37. The van der Waals surface area contributed by atoms with Crippen LogP contribution in [0.15, 0.2) is 48.7 Å². The highest BCUT2D eigenvalue weighted by Crippen LogP contribution is 2.39. The highest BCUT2D eigenvalue weighted by atomic mass is 19.4. The molecule has 1 aromatic heterocycles. The van der Waals surface area contributed by atoms with Gasteiger partial charge in [0.15, 0.2) is 11.5 Å². The van der Waals surface area contributed by atoms with Gasteiger partial charge in [-0.1, -0.05) is 12.1 Å². The Bertz CT molecular complexity index is 1140. The summed E-state index contributed by atoms with van der Waals surface area (Å²) in [6, 6.07) is 10.8. The minimum atomic E-state index is -4.77. The third-order valence-electron chi connectivity index (χ3n) is 4.25. The normalized spacial score (nSPS) is 12.4. The number of amides is 1. The fraction of sp³-hybridized carbons (Fsp3) is 0.150. The van der Waals surface area contributed by atoms with Gasteiger partial charge in [-0.15, -0.1) is 0 Å². The maximum atomic E-state index is 13.5. The Morgan fingerprint density at radius 3 is 2.68 bits per heavy atom. The maximum Gasteiger partial charge on any atom is 0.423 e. The molecule has 160 valence electrons. The number of hydrogen-bond acceptors (Lipinski definition) is 7. The lowest BCUT2D eigenvalue weighted by atomic mass is 10.2. The molecule has 1 amide bonds. The molecule has 2 heterocycles. The molecule has 31 heavy (non-hydrogen) atoms. The molecule has 0 radical (unpaired) electrons. The Kier molecular flexibility index (Phi) is 5.24. The second-order valence-electron chi connectivity index (χ2n) is 6.28. The van der Waals surface area contributed by atoms with E-state index >= 15 is 0 Å². The first-order chi connectivity index (χ1) is 14.8. The molecule has 0 saturated heterocycles. The van der Waals surface area contributed by atoms with Crippen molar-refractivity contribution in [2.24, 2.45) is 0 Å². The number of aromatic nitrogens is 2. The molecule has 0 bridgehead atoms. The van der Waals surface area contributed by atoms with Crippen LogP contribution in [0.4, 0.5) is 24.8 Å². The number of fused-ring (bicyclic) bond motifs is 1. The van der Waals surface area contributed by atoms with Crippen LogP contribution in [-0.2, 0) is 6.18 Å². The standard InChI is InChI=1S/C20H15F3N4O4/c1-24-17(28)12-4-2-3-5-14(12)31-18-13(20(21,22)23)9-25-19(27-18)26-11-6-7-15-16(8-11)30-10-29-15/h2-9H,10H2,1H3,(H,24,28)(H,25,26,27). The number of hydrogen-bond donors (Lipinski definition) is 2. The van der Waals surface area contributed by atoms with E-state index in [-0.39, 0.29) is 24.1 Å². The van der Waals surface area contributed by atoms with Gasteiger partial charge in [-0.2, -0.15) is 18.2 Å². The summed E-state index contributed by atoms with van der Waals surface area (Å²) >= 11 is 0. The molecule has 0 spiro atoms. The van der Waals surface area contributed by atoms with E-state index in [4.69, 9.17) is 14.2 Å². The third kappa shape index (κ3) is 4.29. The van der Waals surface area contributed by atoms with Gasteiger partial charge in [-0.3, -0.25) is 4.79 Å². The molecular formula is C20H15F3N4O4. The van der Waals surface area contributed by atoms with E-state index < -0.39 is 23.5 Å². The second-order valence-corrected chi connectivity index (χ2v) is 6.28. The lowest BCUT2D eigenvalue weighted by Crippen LogP contribution is -2.19. The monoisotopic (exact) mass is 432 g/mol. The zero-order chi connectivity index (χ0) is 22.0. The molecular weight excluding hydrogens is 417 g/mol. The highest BCUT2D eigenvalue weighted by molar-refractivity contribution is 5.96. The SMILES string of the molecule is CNC(=O)c1ccccc1Oc1nc(Nc2ccc3c(c2)OCO3)ncc1C(F)(F)F. The number of ether oxygens (including phenoxy) is 3. The summed E-state index contributed by atoms with van der Waals surface area (Å²) in [6.45, 7) is 0.0816. The van der Waals surface area contributed by atoms with Gasteiger partial charge in [0, 0.05) is 25.0 Å². The first-order valence-electron chi connectivity index (χ1n) is 8.95. The van der Waals surface area contributed by atoms with E-state index in [1.54, 1.807) is 24.3 Å². The van der Waals surface area contributed by atoms with E-state index in [1.165, 1.54) is 25.2 Å². The Balaban J connectivity index is 1.68. The molecule has 3 aromatic rings. The predicted octanol–water partition coefficient (Wildman–Crippen LogP) is 4.12. The topological polar surface area (TPSA) is 94.6 Å². The van der Waals surface area contributed by atoms with Crippen molar-refractivity contribution in [2.45, 2.75) is 6.18 Å². The summed E-state index contributed by atoms with van der Waals surface area (Å²) < 4.78 is 56.4. The van der Waals surface area contributed by atoms with Crippen LogP contribution < -0.4 is 24.8 Å². The average Bonchev–Trinajstić information content (AvgIpc) is 3.21. The van der Waals surface area contributed by atoms with Crippen LogP contribution in [0.3, 0.4) is 0 Å². The van der Waals surface area contributed by atoms with Gasteiger partial charge in [0.05, 0.1) is 5.56 Å². The largest absolute Gasteiger partial charge is 0.454 e. The fourth-order valence-electron chi connectivity index (χ4n) is 2.78. The van der Waals surface area contributed by atoms with E-state index in [2.05, 4.69) is 20.6 Å². The quantitative estimate of drug-likeness (QED) is 0.626. The first-order valence-corrected chi connectivity index (χ1v) is 8.95. The summed E-state index contributed by atoms with van der Waals surface area (Å²) in [4.78, 5) is 19.6. The molecule has 0 unspecified atom stereocenters. The molecule has 8 nitrogen and oxygen atoms in total. The van der Waals surface area contributed by atoms with Gasteiger partial charge in [0.2, 0.25) is 18.6 Å². The van der Waals surface area contributed by atoms with Crippen molar-refractivity contribution in [1.82, 2.24) is 15.3 Å². The van der Waals surface area contributed by atoms with Crippen LogP contribution in [0, 0.1) is 0 Å². The van der Waals surface area contributed by atoms with Crippen molar-refractivity contribution in [3.63, 3.8) is 0 Å². The van der Waals surface area contributed by atoms with Crippen molar-refractivity contribution in [2.75, 3.05) is 19.2 Å². The van der Waals surface area contributed by atoms with Gasteiger partial charge in [0.1, 0.15) is 11.3 Å². The van der Waals surface area contributed by atoms with E-state index in [0.29, 0.717) is 23.4 Å². The smallest absolute Gasteiger partial charge is 0.423 e. The molecule has 0 aliphatic carbocycles. The average molecular weight is 432 g/mol. The summed E-state index contributed by atoms with van der Waals surface area (Å²) in [7, 11) is 1.40. The van der Waals surface area contributed by atoms with Crippen molar-refractivity contribution in [3.8, 4) is 23.1 Å². The Morgan fingerprint density at radius 1 is 1.13 bits per heavy atom. The maximum absolute atomic E-state index is 13.5. The van der Waals surface area contributed by atoms with E-state index in [9.17, 15) is 18.0 Å². The molecule has 0 atom stereocenters. The van der Waals surface area contributed by atoms with Crippen LogP contribution in [0.5, 0.6) is 23.1 Å². The van der Waals surface area contributed by atoms with E-state index in [0.717, 1.165) is 0 Å². The van der Waals surface area contributed by atoms with Crippen LogP contribution in [0.1, 0.15) is 15.9 Å². The van der Waals surface area contributed by atoms with Gasteiger partial charge in [-0.25, -0.2) is 4.98 Å². The fourth-order valence-corrected chi connectivity index (χ4v) is 2.78. The van der Waals surface area contributed by atoms with Gasteiger partial charge >= 0.3 is 6.18 Å². The Hall–Kier alpha value is -4.02. The zero-order valence-electron chi connectivity index (χ0n) is 16.0. The van der Waals surface area contributed by atoms with Crippen LogP contribution in [0.25, 0.3) is 0 Å². The molecule has 0 fully saturated rings. The summed E-state index contributed by atoms with van der Waals surface area (Å²) in [5.41, 5.74) is -0.654. The number of benzene rings is 2. The molecule has 4 rings (SSSR count). The third-order valence-corrected chi connectivity index (χ3v) is 4.25. The lowest BCUT2D eigenvalue weighted by Gasteiger charge is -2.15. The number of rotatable bonds is 5. The van der Waals surface area contributed by atoms with Gasteiger partial charge in [0.25, 0.3) is 5.91 Å². The Morgan fingerprint density at radius 2 is 1.90 bits per heavy atom. The van der Waals surface area contributed by atoms with Crippen LogP contribution >= 0.6 is 0 Å². The lowest BCUT2D eigenvalue weighted by molar-refractivity contribution is -0.139. The number of alkyl halides is 3. The van der Waals surface area contributed by atoms with Crippen molar-refractivity contribution in [1.29, 1.82) is 0 Å². The van der Waals surface area contributed by atoms with Crippen molar-refractivity contribution < 1.29 is 32.2 Å². The molecule has 2 aromatic carbocycles. The number of halogens is 3. The predicted molar refractivity (Wildman–Crippen MR) is 103 cm³/mol. The molecule has 1 aliphatic heterocycles. The molecule has 2 N–H and O–H groups in total. The summed E-state index contributed by atoms with van der Waals surface area (Å²) in [6.07, 6.45) is -4.16. The molecule has 0 saturated carbocycles. The molecule has 11 heteroatoms. The number of carbonyl (C=O) groups is 1. The summed E-state index contributed by atoms with van der Waals surface area (Å²) in [5, 5.41) is 5.21.